The minimum atomic E-state index is -0.585. The van der Waals surface area contributed by atoms with Gasteiger partial charge < -0.3 is 15.8 Å². The second-order valence-electron chi connectivity index (χ2n) is 10.5. The van der Waals surface area contributed by atoms with Gasteiger partial charge in [0.2, 0.25) is 0 Å². The number of esters is 1. The molecular formula is C28H34BrN5O3. The number of aromatic nitrogens is 3. The van der Waals surface area contributed by atoms with Crippen molar-refractivity contribution in [1.82, 2.24) is 14.8 Å². The standard InChI is InChI=1S/C28H34BrN5O3/c1-28(2,3)19-12-18(13-20(29)14-19)22(15-24(35)37-4)25-23(26(30)36)16-34(33-25)11-9-21-8-7-17-6-5-10-31-27(17)32-21/h7-8,12-14,16,22H,5-6,9-11,15H2,1-4H3,(H2,30,36)(H,31,32)/t22-/m0/s1. The quantitative estimate of drug-likeness (QED) is 0.380. The Bertz CT molecular complexity index is 1310. The number of anilines is 1. The van der Waals surface area contributed by atoms with E-state index >= 15 is 0 Å². The summed E-state index contributed by atoms with van der Waals surface area (Å²) in [4.78, 5) is 29.7. The average molecular weight is 569 g/mol. The number of benzene rings is 1. The minimum Gasteiger partial charge on any atom is -0.469 e. The van der Waals surface area contributed by atoms with E-state index in [-0.39, 0.29) is 11.8 Å². The summed E-state index contributed by atoms with van der Waals surface area (Å²) in [7, 11) is 1.36. The number of hydrogen-bond donors (Lipinski definition) is 2. The summed E-state index contributed by atoms with van der Waals surface area (Å²) in [6.45, 7) is 7.83. The number of pyridine rings is 1. The molecule has 8 nitrogen and oxygen atoms in total. The van der Waals surface area contributed by atoms with Gasteiger partial charge in [-0.1, -0.05) is 48.8 Å². The molecule has 3 aromatic rings. The lowest BCUT2D eigenvalue weighted by atomic mass is 9.82. The van der Waals surface area contributed by atoms with Crippen molar-refractivity contribution < 1.29 is 14.3 Å². The molecule has 1 amide bonds. The van der Waals surface area contributed by atoms with Gasteiger partial charge >= 0.3 is 5.97 Å². The Balaban J connectivity index is 1.68. The van der Waals surface area contributed by atoms with Crippen molar-refractivity contribution in [2.45, 2.75) is 64.3 Å². The number of primary amides is 1. The number of fused-ring (bicyclic) bond motifs is 1. The van der Waals surface area contributed by atoms with Crippen LogP contribution in [0.1, 0.15) is 78.0 Å². The van der Waals surface area contributed by atoms with Gasteiger partial charge in [-0.25, -0.2) is 4.98 Å². The highest BCUT2D eigenvalue weighted by Crippen LogP contribution is 2.35. The fraction of sp³-hybridized carbons (Fsp3) is 0.429. The Morgan fingerprint density at radius 1 is 1.24 bits per heavy atom. The van der Waals surface area contributed by atoms with E-state index in [1.807, 2.05) is 12.1 Å². The van der Waals surface area contributed by atoms with Crippen molar-refractivity contribution >= 4 is 33.6 Å². The van der Waals surface area contributed by atoms with Gasteiger partial charge in [-0.05, 0) is 53.1 Å². The Hall–Kier alpha value is -3.20. The molecule has 3 heterocycles. The average Bonchev–Trinajstić information content (AvgIpc) is 3.29. The number of ether oxygens (including phenoxy) is 1. The van der Waals surface area contributed by atoms with Crippen molar-refractivity contribution in [2.24, 2.45) is 5.73 Å². The molecular weight excluding hydrogens is 534 g/mol. The predicted molar refractivity (Wildman–Crippen MR) is 147 cm³/mol. The van der Waals surface area contributed by atoms with E-state index < -0.39 is 17.8 Å². The van der Waals surface area contributed by atoms with Crippen LogP contribution in [0, 0.1) is 0 Å². The molecule has 9 heteroatoms. The van der Waals surface area contributed by atoms with E-state index in [1.54, 1.807) is 10.9 Å². The van der Waals surface area contributed by atoms with Gasteiger partial charge in [0.25, 0.3) is 5.91 Å². The van der Waals surface area contributed by atoms with Gasteiger partial charge in [-0.15, -0.1) is 0 Å². The Morgan fingerprint density at radius 2 is 2.03 bits per heavy atom. The summed E-state index contributed by atoms with van der Waals surface area (Å²) in [6.07, 6.45) is 4.49. The molecule has 0 radical (unpaired) electrons. The summed E-state index contributed by atoms with van der Waals surface area (Å²) < 4.78 is 7.60. The van der Waals surface area contributed by atoms with Crippen LogP contribution in [0.25, 0.3) is 0 Å². The number of methoxy groups -OCH3 is 1. The van der Waals surface area contributed by atoms with E-state index in [1.165, 1.54) is 12.7 Å². The maximum Gasteiger partial charge on any atom is 0.306 e. The lowest BCUT2D eigenvalue weighted by Crippen LogP contribution is -2.18. The molecule has 0 saturated heterocycles. The summed E-state index contributed by atoms with van der Waals surface area (Å²) >= 11 is 3.61. The maximum absolute atomic E-state index is 12.5. The molecule has 2 aromatic heterocycles. The number of carbonyl (C=O) groups is 2. The predicted octanol–water partition coefficient (Wildman–Crippen LogP) is 4.73. The van der Waals surface area contributed by atoms with Crippen LogP contribution in [0.5, 0.6) is 0 Å². The number of hydrogen-bond acceptors (Lipinski definition) is 6. The van der Waals surface area contributed by atoms with Crippen molar-refractivity contribution in [3.8, 4) is 0 Å². The Kier molecular flexibility index (Phi) is 8.02. The molecule has 0 spiro atoms. The third-order valence-electron chi connectivity index (χ3n) is 6.72. The van der Waals surface area contributed by atoms with Crippen LogP contribution in [-0.2, 0) is 34.3 Å². The van der Waals surface area contributed by atoms with Gasteiger partial charge in [0.1, 0.15) is 5.82 Å². The zero-order chi connectivity index (χ0) is 26.7. The number of nitrogens with zero attached hydrogens (tertiary/aromatic N) is 3. The number of amides is 1. The molecule has 196 valence electrons. The summed E-state index contributed by atoms with van der Waals surface area (Å²) in [5.74, 6) is -0.526. The SMILES string of the molecule is COC(=O)C[C@@H](c1cc(Br)cc(C(C)(C)C)c1)c1nn(CCc2ccc3c(n2)NCCC3)cc1C(N)=O. The summed E-state index contributed by atoms with van der Waals surface area (Å²) in [5, 5.41) is 8.13. The van der Waals surface area contributed by atoms with Crippen LogP contribution < -0.4 is 11.1 Å². The minimum absolute atomic E-state index is 0.0336. The molecule has 1 aromatic carbocycles. The van der Waals surface area contributed by atoms with E-state index in [4.69, 9.17) is 20.6 Å². The number of rotatable bonds is 8. The maximum atomic E-state index is 12.5. The second-order valence-corrected chi connectivity index (χ2v) is 11.4. The van der Waals surface area contributed by atoms with E-state index in [0.717, 1.165) is 46.5 Å². The zero-order valence-corrected chi connectivity index (χ0v) is 23.4. The first-order chi connectivity index (χ1) is 17.5. The molecule has 0 fully saturated rings. The highest BCUT2D eigenvalue weighted by Gasteiger charge is 2.28. The highest BCUT2D eigenvalue weighted by atomic mass is 79.9. The lowest BCUT2D eigenvalue weighted by Gasteiger charge is -2.23. The molecule has 1 aliphatic heterocycles. The molecule has 3 N–H and O–H groups in total. The molecule has 0 aliphatic carbocycles. The van der Waals surface area contributed by atoms with Gasteiger partial charge in [0.15, 0.2) is 0 Å². The molecule has 1 atom stereocenters. The molecule has 1 aliphatic rings. The first kappa shape index (κ1) is 26.9. The molecule has 0 unspecified atom stereocenters. The third-order valence-corrected chi connectivity index (χ3v) is 7.18. The highest BCUT2D eigenvalue weighted by molar-refractivity contribution is 9.10. The van der Waals surface area contributed by atoms with Crippen LogP contribution in [0.3, 0.4) is 0 Å². The first-order valence-corrected chi connectivity index (χ1v) is 13.3. The largest absolute Gasteiger partial charge is 0.469 e. The molecule has 4 rings (SSSR count). The zero-order valence-electron chi connectivity index (χ0n) is 21.8. The number of carbonyl (C=O) groups excluding carboxylic acids is 2. The Labute approximate surface area is 226 Å². The van der Waals surface area contributed by atoms with Crippen LogP contribution >= 0.6 is 15.9 Å². The van der Waals surface area contributed by atoms with E-state index in [2.05, 4.69) is 60.2 Å². The van der Waals surface area contributed by atoms with E-state index in [0.29, 0.717) is 24.2 Å². The number of nitrogens with one attached hydrogen (secondary N) is 1. The number of halogens is 1. The molecule has 0 bridgehead atoms. The second kappa shape index (κ2) is 11.0. The number of nitrogens with two attached hydrogens (primary N) is 1. The smallest absolute Gasteiger partial charge is 0.306 e. The van der Waals surface area contributed by atoms with Crippen molar-refractivity contribution in [1.29, 1.82) is 0 Å². The first-order valence-electron chi connectivity index (χ1n) is 12.5. The van der Waals surface area contributed by atoms with Crippen LogP contribution in [0.2, 0.25) is 0 Å². The van der Waals surface area contributed by atoms with Crippen molar-refractivity contribution in [3.63, 3.8) is 0 Å². The summed E-state index contributed by atoms with van der Waals surface area (Å²) in [5.41, 5.74) is 10.6. The summed E-state index contributed by atoms with van der Waals surface area (Å²) in [6, 6.07) is 10.2. The molecule has 0 saturated carbocycles. The monoisotopic (exact) mass is 567 g/mol. The fourth-order valence-corrected chi connectivity index (χ4v) is 5.12. The fourth-order valence-electron chi connectivity index (χ4n) is 4.60. The lowest BCUT2D eigenvalue weighted by molar-refractivity contribution is -0.140. The van der Waals surface area contributed by atoms with Gasteiger partial charge in [-0.2, -0.15) is 5.10 Å². The van der Waals surface area contributed by atoms with E-state index in [9.17, 15) is 9.59 Å². The molecule has 37 heavy (non-hydrogen) atoms. The van der Waals surface area contributed by atoms with Crippen LogP contribution in [0.15, 0.2) is 41.0 Å². The topological polar surface area (TPSA) is 112 Å². The van der Waals surface area contributed by atoms with Gasteiger partial charge in [0.05, 0.1) is 24.8 Å². The van der Waals surface area contributed by atoms with Crippen molar-refractivity contribution in [2.75, 3.05) is 19.0 Å². The van der Waals surface area contributed by atoms with Crippen molar-refractivity contribution in [3.05, 3.63) is 74.6 Å². The Morgan fingerprint density at radius 3 is 2.73 bits per heavy atom. The number of aryl methyl sites for hydroxylation is 3. The van der Waals surface area contributed by atoms with Gasteiger partial charge in [0, 0.05) is 41.8 Å². The van der Waals surface area contributed by atoms with Gasteiger partial charge in [-0.3, -0.25) is 14.3 Å². The third kappa shape index (κ3) is 6.39. The van der Waals surface area contributed by atoms with Crippen LogP contribution in [0.4, 0.5) is 5.82 Å². The van der Waals surface area contributed by atoms with Crippen LogP contribution in [-0.4, -0.2) is 40.3 Å². The normalized spacial score (nSPS) is 14.0.